The molecule has 1 saturated carbocycles. The van der Waals surface area contributed by atoms with Crippen molar-refractivity contribution in [3.8, 4) is 0 Å². The molecule has 0 atom stereocenters. The smallest absolute Gasteiger partial charge is 0.298 e. The fourth-order valence-electron chi connectivity index (χ4n) is 3.36. The zero-order chi connectivity index (χ0) is 13.2. The highest BCUT2D eigenvalue weighted by Crippen LogP contribution is 2.39. The molecule has 1 aliphatic carbocycles. The fraction of sp³-hybridized carbons (Fsp3) is 0.923. The molecule has 1 saturated heterocycles. The van der Waals surface area contributed by atoms with E-state index in [0.717, 1.165) is 51.6 Å². The summed E-state index contributed by atoms with van der Waals surface area (Å²) in [7, 11) is 0. The first-order valence-corrected chi connectivity index (χ1v) is 6.79. The zero-order valence-electron chi connectivity index (χ0n) is 10.6. The number of likely N-dealkylation sites (tertiary alicyclic amines) is 1. The van der Waals surface area contributed by atoms with E-state index in [1.54, 1.807) is 0 Å². The first-order chi connectivity index (χ1) is 8.44. The van der Waals surface area contributed by atoms with Crippen LogP contribution in [0.25, 0.3) is 0 Å². The SMILES string of the molecule is O=C(CCC(F)(F)F)C1(N2CCCC2)CCCC1. The largest absolute Gasteiger partial charge is 0.389 e. The van der Waals surface area contributed by atoms with Crippen LogP contribution < -0.4 is 0 Å². The number of ketones is 1. The number of alkyl halides is 3. The molecule has 104 valence electrons. The molecule has 2 fully saturated rings. The molecule has 0 amide bonds. The van der Waals surface area contributed by atoms with Gasteiger partial charge in [-0.2, -0.15) is 13.2 Å². The Morgan fingerprint density at radius 1 is 1.06 bits per heavy atom. The fourth-order valence-corrected chi connectivity index (χ4v) is 3.36. The number of hydrogen-bond acceptors (Lipinski definition) is 2. The highest BCUT2D eigenvalue weighted by atomic mass is 19.4. The average Bonchev–Trinajstić information content (AvgIpc) is 2.95. The maximum Gasteiger partial charge on any atom is 0.389 e. The monoisotopic (exact) mass is 263 g/mol. The number of Topliss-reactive ketones (excluding diaryl/α,β-unsaturated/α-hetero) is 1. The maximum atomic E-state index is 12.3. The van der Waals surface area contributed by atoms with E-state index in [1.165, 1.54) is 0 Å². The molecule has 0 aromatic carbocycles. The lowest BCUT2D eigenvalue weighted by Crippen LogP contribution is -2.51. The number of halogens is 3. The van der Waals surface area contributed by atoms with Crippen LogP contribution in [-0.4, -0.2) is 35.5 Å². The second-order valence-corrected chi connectivity index (χ2v) is 5.47. The molecular formula is C13H20F3NO. The first kappa shape index (κ1) is 13.8. The molecular weight excluding hydrogens is 243 g/mol. The molecule has 2 aliphatic rings. The van der Waals surface area contributed by atoms with Crippen LogP contribution in [0.1, 0.15) is 51.4 Å². The Balaban J connectivity index is 2.02. The van der Waals surface area contributed by atoms with E-state index in [2.05, 4.69) is 4.90 Å². The lowest BCUT2D eigenvalue weighted by molar-refractivity contribution is -0.148. The summed E-state index contributed by atoms with van der Waals surface area (Å²) in [6.45, 7) is 1.75. The summed E-state index contributed by atoms with van der Waals surface area (Å²) in [5, 5.41) is 0. The number of hydrogen-bond donors (Lipinski definition) is 0. The van der Waals surface area contributed by atoms with Gasteiger partial charge in [0.15, 0.2) is 5.78 Å². The molecule has 5 heteroatoms. The van der Waals surface area contributed by atoms with E-state index < -0.39 is 18.1 Å². The lowest BCUT2D eigenvalue weighted by Gasteiger charge is -2.37. The van der Waals surface area contributed by atoms with Crippen LogP contribution in [0.3, 0.4) is 0 Å². The molecule has 1 aliphatic heterocycles. The minimum atomic E-state index is -4.22. The predicted molar refractivity (Wildman–Crippen MR) is 62.3 cm³/mol. The molecule has 0 aromatic heterocycles. The van der Waals surface area contributed by atoms with Gasteiger partial charge in [0.2, 0.25) is 0 Å². The minimum Gasteiger partial charge on any atom is -0.298 e. The molecule has 0 spiro atoms. The van der Waals surface area contributed by atoms with Gasteiger partial charge in [0.1, 0.15) is 0 Å². The Morgan fingerprint density at radius 2 is 1.61 bits per heavy atom. The van der Waals surface area contributed by atoms with Gasteiger partial charge in [-0.3, -0.25) is 9.69 Å². The highest BCUT2D eigenvalue weighted by molar-refractivity contribution is 5.88. The van der Waals surface area contributed by atoms with Crippen LogP contribution in [0.4, 0.5) is 13.2 Å². The topological polar surface area (TPSA) is 20.3 Å². The van der Waals surface area contributed by atoms with Crippen LogP contribution in [0.5, 0.6) is 0 Å². The normalized spacial score (nSPS) is 24.6. The Kier molecular flexibility index (Phi) is 3.99. The minimum absolute atomic E-state index is 0.181. The molecule has 2 rings (SSSR count). The molecule has 0 aromatic rings. The van der Waals surface area contributed by atoms with Crippen molar-refractivity contribution < 1.29 is 18.0 Å². The molecule has 0 N–H and O–H groups in total. The second kappa shape index (κ2) is 5.19. The van der Waals surface area contributed by atoms with Crippen molar-refractivity contribution in [3.05, 3.63) is 0 Å². The van der Waals surface area contributed by atoms with Crippen LogP contribution in [0.2, 0.25) is 0 Å². The average molecular weight is 263 g/mol. The maximum absolute atomic E-state index is 12.3. The number of nitrogens with zero attached hydrogens (tertiary/aromatic N) is 1. The van der Waals surface area contributed by atoms with Gasteiger partial charge in [0.25, 0.3) is 0 Å². The molecule has 0 unspecified atom stereocenters. The molecule has 0 radical (unpaired) electrons. The first-order valence-electron chi connectivity index (χ1n) is 6.79. The van der Waals surface area contributed by atoms with Crippen molar-refractivity contribution in [2.75, 3.05) is 13.1 Å². The summed E-state index contributed by atoms with van der Waals surface area (Å²) in [4.78, 5) is 14.4. The van der Waals surface area contributed by atoms with Crippen molar-refractivity contribution in [3.63, 3.8) is 0 Å². The van der Waals surface area contributed by atoms with Gasteiger partial charge in [0.05, 0.1) is 12.0 Å². The van der Waals surface area contributed by atoms with Crippen molar-refractivity contribution in [2.24, 2.45) is 0 Å². The standard InChI is InChI=1S/C13H20F3NO/c14-13(15,16)8-5-11(18)12(6-1-2-7-12)17-9-3-4-10-17/h1-10H2. The van der Waals surface area contributed by atoms with Gasteiger partial charge in [-0.05, 0) is 38.8 Å². The summed E-state index contributed by atoms with van der Waals surface area (Å²) < 4.78 is 36.7. The van der Waals surface area contributed by atoms with E-state index in [1.807, 2.05) is 0 Å². The number of rotatable bonds is 4. The van der Waals surface area contributed by atoms with Gasteiger partial charge >= 0.3 is 6.18 Å². The quantitative estimate of drug-likeness (QED) is 0.775. The predicted octanol–water partition coefficient (Wildman–Crippen LogP) is 3.31. The molecule has 1 heterocycles. The summed E-state index contributed by atoms with van der Waals surface area (Å²) in [5.41, 5.74) is -0.554. The van der Waals surface area contributed by atoms with Gasteiger partial charge in [-0.1, -0.05) is 12.8 Å². The van der Waals surface area contributed by atoms with Crippen LogP contribution in [0, 0.1) is 0 Å². The summed E-state index contributed by atoms with van der Waals surface area (Å²) in [6.07, 6.45) is 0.0282. The Hall–Kier alpha value is -0.580. The van der Waals surface area contributed by atoms with Crippen molar-refractivity contribution >= 4 is 5.78 Å². The third-order valence-electron chi connectivity index (χ3n) is 4.30. The lowest BCUT2D eigenvalue weighted by atomic mass is 9.87. The Morgan fingerprint density at radius 3 is 2.11 bits per heavy atom. The van der Waals surface area contributed by atoms with Crippen molar-refractivity contribution in [2.45, 2.75) is 63.1 Å². The Bertz CT molecular complexity index is 302. The van der Waals surface area contributed by atoms with E-state index in [9.17, 15) is 18.0 Å². The van der Waals surface area contributed by atoms with Gasteiger partial charge < -0.3 is 0 Å². The van der Waals surface area contributed by atoms with Crippen LogP contribution in [-0.2, 0) is 4.79 Å². The van der Waals surface area contributed by atoms with Gasteiger partial charge in [0, 0.05) is 6.42 Å². The van der Waals surface area contributed by atoms with Gasteiger partial charge in [-0.25, -0.2) is 0 Å². The summed E-state index contributed by atoms with van der Waals surface area (Å²) in [5.74, 6) is -0.181. The van der Waals surface area contributed by atoms with E-state index >= 15 is 0 Å². The molecule has 0 bridgehead atoms. The van der Waals surface area contributed by atoms with Crippen LogP contribution in [0.15, 0.2) is 0 Å². The summed E-state index contributed by atoms with van der Waals surface area (Å²) >= 11 is 0. The van der Waals surface area contributed by atoms with E-state index in [4.69, 9.17) is 0 Å². The van der Waals surface area contributed by atoms with E-state index in [0.29, 0.717) is 0 Å². The number of carbonyl (C=O) groups excluding carboxylic acids is 1. The molecule has 2 nitrogen and oxygen atoms in total. The second-order valence-electron chi connectivity index (χ2n) is 5.47. The third kappa shape index (κ3) is 2.87. The van der Waals surface area contributed by atoms with Crippen molar-refractivity contribution in [1.29, 1.82) is 0 Å². The molecule has 18 heavy (non-hydrogen) atoms. The Labute approximate surface area is 106 Å². The van der Waals surface area contributed by atoms with Crippen LogP contribution >= 0.6 is 0 Å². The third-order valence-corrected chi connectivity index (χ3v) is 4.30. The highest BCUT2D eigenvalue weighted by Gasteiger charge is 2.46. The number of carbonyl (C=O) groups is 1. The van der Waals surface area contributed by atoms with E-state index in [-0.39, 0.29) is 12.2 Å². The zero-order valence-corrected chi connectivity index (χ0v) is 10.6. The van der Waals surface area contributed by atoms with Gasteiger partial charge in [-0.15, -0.1) is 0 Å². The van der Waals surface area contributed by atoms with Crippen molar-refractivity contribution in [1.82, 2.24) is 4.90 Å². The summed E-state index contributed by atoms with van der Waals surface area (Å²) in [6, 6.07) is 0.